The lowest BCUT2D eigenvalue weighted by Gasteiger charge is -2.15. The van der Waals surface area contributed by atoms with Gasteiger partial charge in [-0.05, 0) is 38.1 Å². The summed E-state index contributed by atoms with van der Waals surface area (Å²) in [4.78, 5) is 2.34. The molecule has 0 amide bonds. The number of ether oxygens (including phenoxy) is 1. The maximum Gasteiger partial charge on any atom is 0.149 e. The molecule has 0 bridgehead atoms. The topological polar surface area (TPSA) is 38.5 Å². The van der Waals surface area contributed by atoms with Crippen LogP contribution in [0.2, 0.25) is 0 Å². The summed E-state index contributed by atoms with van der Waals surface area (Å²) < 4.78 is 18.6. The molecule has 1 aliphatic heterocycles. The Morgan fingerprint density at radius 1 is 1.31 bits per heavy atom. The molecular weight excluding hydrogens is 207 g/mol. The minimum absolute atomic E-state index is 0.101. The van der Waals surface area contributed by atoms with Crippen LogP contribution in [-0.2, 0) is 0 Å². The van der Waals surface area contributed by atoms with Crippen LogP contribution in [0.5, 0.6) is 5.75 Å². The first kappa shape index (κ1) is 11.2. The third-order valence-electron chi connectivity index (χ3n) is 2.88. The van der Waals surface area contributed by atoms with E-state index in [0.717, 1.165) is 19.6 Å². The molecule has 0 atom stereocenters. The molecule has 0 unspecified atom stereocenters. The van der Waals surface area contributed by atoms with Crippen LogP contribution >= 0.6 is 0 Å². The zero-order valence-corrected chi connectivity index (χ0v) is 9.29. The molecule has 0 saturated carbocycles. The summed E-state index contributed by atoms with van der Waals surface area (Å²) >= 11 is 0. The monoisotopic (exact) mass is 224 g/mol. The highest BCUT2D eigenvalue weighted by Gasteiger charge is 2.11. The minimum Gasteiger partial charge on any atom is -0.490 e. The highest BCUT2D eigenvalue weighted by atomic mass is 19.1. The first-order valence-electron chi connectivity index (χ1n) is 5.66. The fourth-order valence-corrected chi connectivity index (χ4v) is 1.93. The van der Waals surface area contributed by atoms with E-state index in [1.54, 1.807) is 12.1 Å². The minimum atomic E-state index is -0.418. The smallest absolute Gasteiger partial charge is 0.149 e. The van der Waals surface area contributed by atoms with Crippen molar-refractivity contribution in [3.8, 4) is 5.75 Å². The van der Waals surface area contributed by atoms with Crippen molar-refractivity contribution in [2.45, 2.75) is 12.8 Å². The van der Waals surface area contributed by atoms with Crippen molar-refractivity contribution in [2.24, 2.45) is 0 Å². The molecule has 1 aromatic rings. The Labute approximate surface area is 95.0 Å². The van der Waals surface area contributed by atoms with Crippen LogP contribution in [0.3, 0.4) is 0 Å². The Bertz CT molecular complexity index is 351. The van der Waals surface area contributed by atoms with Gasteiger partial charge in [0.1, 0.15) is 23.9 Å². The lowest BCUT2D eigenvalue weighted by Crippen LogP contribution is -2.25. The molecule has 1 saturated heterocycles. The summed E-state index contributed by atoms with van der Waals surface area (Å²) in [6.07, 6.45) is 2.53. The second-order valence-electron chi connectivity index (χ2n) is 4.05. The van der Waals surface area contributed by atoms with E-state index in [4.69, 9.17) is 10.5 Å². The quantitative estimate of drug-likeness (QED) is 0.794. The van der Waals surface area contributed by atoms with Crippen molar-refractivity contribution in [3.63, 3.8) is 0 Å². The summed E-state index contributed by atoms with van der Waals surface area (Å²) in [5, 5.41) is 0. The second kappa shape index (κ2) is 5.16. The molecular formula is C12H17FN2O. The predicted octanol–water partition coefficient (Wildman–Crippen LogP) is 1.88. The molecule has 0 aromatic heterocycles. The number of hydrogen-bond donors (Lipinski definition) is 1. The van der Waals surface area contributed by atoms with Gasteiger partial charge in [0.05, 0.1) is 0 Å². The molecule has 16 heavy (non-hydrogen) atoms. The summed E-state index contributed by atoms with van der Waals surface area (Å²) in [6, 6.07) is 4.64. The first-order valence-corrected chi connectivity index (χ1v) is 5.66. The molecule has 0 aliphatic carbocycles. The molecule has 1 aliphatic rings. The van der Waals surface area contributed by atoms with E-state index < -0.39 is 5.82 Å². The number of hydrogen-bond acceptors (Lipinski definition) is 3. The van der Waals surface area contributed by atoms with Crippen LogP contribution in [0.4, 0.5) is 10.1 Å². The van der Waals surface area contributed by atoms with Crippen LogP contribution in [0.15, 0.2) is 18.2 Å². The molecule has 4 heteroatoms. The van der Waals surface area contributed by atoms with Crippen molar-refractivity contribution in [1.82, 2.24) is 4.90 Å². The zero-order valence-electron chi connectivity index (χ0n) is 9.29. The van der Waals surface area contributed by atoms with E-state index in [1.165, 1.54) is 18.9 Å². The summed E-state index contributed by atoms with van der Waals surface area (Å²) in [7, 11) is 0. The Morgan fingerprint density at radius 3 is 2.81 bits per heavy atom. The van der Waals surface area contributed by atoms with E-state index in [2.05, 4.69) is 4.90 Å². The van der Waals surface area contributed by atoms with Gasteiger partial charge in [0.15, 0.2) is 0 Å². The molecule has 1 fully saturated rings. The number of halogens is 1. The largest absolute Gasteiger partial charge is 0.490 e. The number of nitrogens with two attached hydrogens (primary N) is 1. The Hall–Kier alpha value is -1.29. The number of nitrogens with zero attached hydrogens (tertiary/aromatic N) is 1. The van der Waals surface area contributed by atoms with Crippen molar-refractivity contribution in [2.75, 3.05) is 32.0 Å². The fraction of sp³-hybridized carbons (Fsp3) is 0.500. The Balaban J connectivity index is 1.82. The Kier molecular flexibility index (Phi) is 3.62. The Morgan fingerprint density at radius 2 is 2.06 bits per heavy atom. The highest BCUT2D eigenvalue weighted by Crippen LogP contribution is 2.23. The molecule has 0 radical (unpaired) electrons. The number of rotatable bonds is 4. The number of nitrogen functional groups attached to an aromatic ring is 1. The van der Waals surface area contributed by atoms with E-state index >= 15 is 0 Å². The molecule has 2 N–H and O–H groups in total. The molecule has 1 heterocycles. The maximum atomic E-state index is 13.1. The van der Waals surface area contributed by atoms with Gasteiger partial charge >= 0.3 is 0 Å². The molecule has 88 valence electrons. The number of anilines is 1. The first-order chi connectivity index (χ1) is 7.77. The maximum absolute atomic E-state index is 13.1. The van der Waals surface area contributed by atoms with Gasteiger partial charge in [-0.3, -0.25) is 4.90 Å². The molecule has 2 rings (SSSR count). The van der Waals surface area contributed by atoms with Crippen molar-refractivity contribution in [3.05, 3.63) is 24.0 Å². The number of benzene rings is 1. The number of likely N-dealkylation sites (tertiary alicyclic amines) is 1. The van der Waals surface area contributed by atoms with E-state index in [-0.39, 0.29) is 5.69 Å². The van der Waals surface area contributed by atoms with Crippen LogP contribution in [0.1, 0.15) is 12.8 Å². The fourth-order valence-electron chi connectivity index (χ4n) is 1.93. The van der Waals surface area contributed by atoms with Gasteiger partial charge in [0.25, 0.3) is 0 Å². The molecule has 0 spiro atoms. The number of para-hydroxylation sites is 1. The van der Waals surface area contributed by atoms with Crippen LogP contribution in [0, 0.1) is 5.82 Å². The standard InChI is InChI=1S/C12H17FN2O/c13-10-4-3-5-11(12(10)14)16-9-8-15-6-1-2-7-15/h3-5H,1-2,6-9,14H2. The van der Waals surface area contributed by atoms with Crippen LogP contribution < -0.4 is 10.5 Å². The summed E-state index contributed by atoms with van der Waals surface area (Å²) in [5.74, 6) is 0.0258. The van der Waals surface area contributed by atoms with Crippen LogP contribution in [-0.4, -0.2) is 31.1 Å². The highest BCUT2D eigenvalue weighted by molar-refractivity contribution is 5.53. The van der Waals surface area contributed by atoms with Crippen molar-refractivity contribution in [1.29, 1.82) is 0 Å². The van der Waals surface area contributed by atoms with Gasteiger partial charge in [-0.2, -0.15) is 0 Å². The van der Waals surface area contributed by atoms with Gasteiger partial charge < -0.3 is 10.5 Å². The summed E-state index contributed by atoms with van der Waals surface area (Å²) in [6.45, 7) is 3.73. The van der Waals surface area contributed by atoms with E-state index in [0.29, 0.717) is 12.4 Å². The SMILES string of the molecule is Nc1c(F)cccc1OCCN1CCCC1. The normalized spacial score (nSPS) is 16.6. The van der Waals surface area contributed by atoms with Gasteiger partial charge in [-0.15, -0.1) is 0 Å². The van der Waals surface area contributed by atoms with Gasteiger partial charge in [-0.25, -0.2) is 4.39 Å². The van der Waals surface area contributed by atoms with Gasteiger partial charge in [0.2, 0.25) is 0 Å². The summed E-state index contributed by atoms with van der Waals surface area (Å²) in [5.41, 5.74) is 5.66. The predicted molar refractivity (Wildman–Crippen MR) is 62.0 cm³/mol. The third-order valence-corrected chi connectivity index (χ3v) is 2.88. The lowest BCUT2D eigenvalue weighted by molar-refractivity contribution is 0.238. The molecule has 3 nitrogen and oxygen atoms in total. The second-order valence-corrected chi connectivity index (χ2v) is 4.05. The van der Waals surface area contributed by atoms with Crippen molar-refractivity contribution < 1.29 is 9.13 Å². The zero-order chi connectivity index (χ0) is 11.4. The van der Waals surface area contributed by atoms with Gasteiger partial charge in [-0.1, -0.05) is 6.07 Å². The van der Waals surface area contributed by atoms with Crippen molar-refractivity contribution >= 4 is 5.69 Å². The van der Waals surface area contributed by atoms with Crippen LogP contribution in [0.25, 0.3) is 0 Å². The van der Waals surface area contributed by atoms with E-state index in [1.807, 2.05) is 0 Å². The average molecular weight is 224 g/mol. The third kappa shape index (κ3) is 2.64. The van der Waals surface area contributed by atoms with E-state index in [9.17, 15) is 4.39 Å². The average Bonchev–Trinajstić information content (AvgIpc) is 2.77. The molecule has 1 aromatic carbocycles. The lowest BCUT2D eigenvalue weighted by atomic mass is 10.3. The van der Waals surface area contributed by atoms with Gasteiger partial charge in [0, 0.05) is 6.54 Å².